The molecular weight excluding hydrogens is 248 g/mol. The van der Waals surface area contributed by atoms with E-state index < -0.39 is 0 Å². The van der Waals surface area contributed by atoms with Crippen LogP contribution < -0.4 is 5.32 Å². The Morgan fingerprint density at radius 3 is 3.00 bits per heavy atom. The Hall–Kier alpha value is -1.43. The normalized spacial score (nSPS) is 17.2. The van der Waals surface area contributed by atoms with Crippen LogP contribution >= 0.6 is 11.3 Å². The number of carbonyl (C=O) groups excluding carboxylic acids is 1. The summed E-state index contributed by atoms with van der Waals surface area (Å²) < 4.78 is 1.64. The number of nitrogens with zero attached hydrogens (tertiary/aromatic N) is 3. The lowest BCUT2D eigenvalue weighted by Crippen LogP contribution is -2.37. The first-order valence-electron chi connectivity index (χ1n) is 6.35. The average molecular weight is 264 g/mol. The van der Waals surface area contributed by atoms with Gasteiger partial charge in [-0.25, -0.2) is 4.98 Å². The standard InChI is InChI=1S/C12H16N4OS/c1-8-10(16-12(14-8)18-7-13-16)11(17)15-9-5-3-2-4-6-9/h7,9H,2-6H2,1H3,(H,15,17). The fourth-order valence-corrected chi connectivity index (χ4v) is 3.22. The lowest BCUT2D eigenvalue weighted by Gasteiger charge is -2.22. The molecule has 2 heterocycles. The molecule has 1 N–H and O–H groups in total. The molecular formula is C12H16N4OS. The highest BCUT2D eigenvalue weighted by atomic mass is 32.1. The van der Waals surface area contributed by atoms with Gasteiger partial charge in [-0.05, 0) is 19.8 Å². The molecule has 6 heteroatoms. The molecule has 0 saturated heterocycles. The van der Waals surface area contributed by atoms with Crippen LogP contribution in [-0.2, 0) is 0 Å². The van der Waals surface area contributed by atoms with Crippen molar-refractivity contribution in [2.75, 3.05) is 0 Å². The van der Waals surface area contributed by atoms with Crippen molar-refractivity contribution in [1.82, 2.24) is 19.9 Å². The number of carbonyl (C=O) groups is 1. The van der Waals surface area contributed by atoms with Gasteiger partial charge in [-0.1, -0.05) is 30.6 Å². The predicted molar refractivity (Wildman–Crippen MR) is 69.9 cm³/mol. The van der Waals surface area contributed by atoms with Crippen LogP contribution in [0.3, 0.4) is 0 Å². The number of aryl methyl sites for hydroxylation is 1. The summed E-state index contributed by atoms with van der Waals surface area (Å²) in [6.07, 6.45) is 5.88. The zero-order valence-electron chi connectivity index (χ0n) is 10.3. The molecule has 0 bridgehead atoms. The van der Waals surface area contributed by atoms with Gasteiger partial charge < -0.3 is 5.32 Å². The van der Waals surface area contributed by atoms with E-state index in [9.17, 15) is 4.79 Å². The van der Waals surface area contributed by atoms with Gasteiger partial charge in [0.1, 0.15) is 5.51 Å². The number of nitrogens with one attached hydrogen (secondary N) is 1. The summed E-state index contributed by atoms with van der Waals surface area (Å²) in [5.74, 6) is -0.0437. The maximum absolute atomic E-state index is 12.3. The molecule has 1 amide bonds. The van der Waals surface area contributed by atoms with Gasteiger partial charge in [-0.15, -0.1) is 0 Å². The first kappa shape index (κ1) is 11.6. The molecule has 1 fully saturated rings. The first-order chi connectivity index (χ1) is 8.75. The zero-order valence-corrected chi connectivity index (χ0v) is 11.2. The SMILES string of the molecule is Cc1nc2scnn2c1C(=O)NC1CCCCC1. The molecule has 1 aliphatic carbocycles. The second-order valence-electron chi connectivity index (χ2n) is 4.79. The van der Waals surface area contributed by atoms with Crippen LogP contribution in [0.1, 0.15) is 48.3 Å². The summed E-state index contributed by atoms with van der Waals surface area (Å²) in [7, 11) is 0. The van der Waals surface area contributed by atoms with Crippen molar-refractivity contribution in [1.29, 1.82) is 0 Å². The van der Waals surface area contributed by atoms with Crippen LogP contribution in [0.5, 0.6) is 0 Å². The van der Waals surface area contributed by atoms with Crippen molar-refractivity contribution in [2.45, 2.75) is 45.1 Å². The molecule has 2 aromatic heterocycles. The van der Waals surface area contributed by atoms with E-state index in [4.69, 9.17) is 0 Å². The quantitative estimate of drug-likeness (QED) is 0.904. The third-order valence-electron chi connectivity index (χ3n) is 3.48. The van der Waals surface area contributed by atoms with E-state index >= 15 is 0 Å². The Bertz CT molecular complexity index is 568. The van der Waals surface area contributed by atoms with E-state index in [0.29, 0.717) is 11.7 Å². The molecule has 2 aromatic rings. The van der Waals surface area contributed by atoms with E-state index in [1.165, 1.54) is 30.6 Å². The Morgan fingerprint density at radius 2 is 2.22 bits per heavy atom. The van der Waals surface area contributed by atoms with Crippen molar-refractivity contribution in [3.63, 3.8) is 0 Å². The fourth-order valence-electron chi connectivity index (χ4n) is 2.56. The van der Waals surface area contributed by atoms with E-state index in [2.05, 4.69) is 15.4 Å². The fraction of sp³-hybridized carbons (Fsp3) is 0.583. The topological polar surface area (TPSA) is 59.3 Å². The van der Waals surface area contributed by atoms with Crippen LogP contribution in [0.15, 0.2) is 5.51 Å². The first-order valence-corrected chi connectivity index (χ1v) is 7.23. The molecule has 0 atom stereocenters. The van der Waals surface area contributed by atoms with Gasteiger partial charge in [0.25, 0.3) is 5.91 Å². The van der Waals surface area contributed by atoms with Crippen LogP contribution in [0.2, 0.25) is 0 Å². The minimum absolute atomic E-state index is 0.0437. The molecule has 0 aliphatic heterocycles. The van der Waals surface area contributed by atoms with Crippen molar-refractivity contribution in [3.8, 4) is 0 Å². The molecule has 0 radical (unpaired) electrons. The highest BCUT2D eigenvalue weighted by molar-refractivity contribution is 7.14. The number of hydrogen-bond donors (Lipinski definition) is 1. The summed E-state index contributed by atoms with van der Waals surface area (Å²) >= 11 is 1.45. The number of rotatable bonds is 2. The molecule has 96 valence electrons. The molecule has 5 nitrogen and oxygen atoms in total. The number of aromatic nitrogens is 3. The van der Waals surface area contributed by atoms with Gasteiger partial charge in [0, 0.05) is 6.04 Å². The predicted octanol–water partition coefficient (Wildman–Crippen LogP) is 2.16. The second kappa shape index (κ2) is 4.68. The van der Waals surface area contributed by atoms with Gasteiger partial charge in [0.05, 0.1) is 5.69 Å². The maximum atomic E-state index is 12.3. The molecule has 1 saturated carbocycles. The van der Waals surface area contributed by atoms with Crippen molar-refractivity contribution >= 4 is 22.2 Å². The van der Waals surface area contributed by atoms with Crippen LogP contribution in [0, 0.1) is 6.92 Å². The number of fused-ring (bicyclic) bond motifs is 1. The monoisotopic (exact) mass is 264 g/mol. The molecule has 0 spiro atoms. The highest BCUT2D eigenvalue weighted by Gasteiger charge is 2.22. The molecule has 0 unspecified atom stereocenters. The van der Waals surface area contributed by atoms with Crippen molar-refractivity contribution in [2.24, 2.45) is 0 Å². The number of hydrogen-bond acceptors (Lipinski definition) is 4. The minimum atomic E-state index is -0.0437. The number of amides is 1. The van der Waals surface area contributed by atoms with Gasteiger partial charge >= 0.3 is 0 Å². The Kier molecular flexibility index (Phi) is 3.03. The maximum Gasteiger partial charge on any atom is 0.272 e. The Labute approximate surface area is 109 Å². The Balaban J connectivity index is 1.82. The van der Waals surface area contributed by atoms with Gasteiger partial charge in [0.2, 0.25) is 4.96 Å². The van der Waals surface area contributed by atoms with Crippen LogP contribution in [-0.4, -0.2) is 26.5 Å². The van der Waals surface area contributed by atoms with Crippen LogP contribution in [0.4, 0.5) is 0 Å². The lowest BCUT2D eigenvalue weighted by molar-refractivity contribution is 0.0920. The van der Waals surface area contributed by atoms with Gasteiger partial charge in [0.15, 0.2) is 5.69 Å². The minimum Gasteiger partial charge on any atom is -0.348 e. The van der Waals surface area contributed by atoms with Gasteiger partial charge in [-0.2, -0.15) is 9.61 Å². The highest BCUT2D eigenvalue weighted by Crippen LogP contribution is 2.19. The Morgan fingerprint density at radius 1 is 1.44 bits per heavy atom. The van der Waals surface area contributed by atoms with E-state index in [-0.39, 0.29) is 5.91 Å². The summed E-state index contributed by atoms with van der Waals surface area (Å²) in [5, 5.41) is 7.27. The third-order valence-corrected chi connectivity index (χ3v) is 4.15. The largest absolute Gasteiger partial charge is 0.348 e. The molecule has 18 heavy (non-hydrogen) atoms. The van der Waals surface area contributed by atoms with Crippen LogP contribution in [0.25, 0.3) is 4.96 Å². The molecule has 0 aromatic carbocycles. The average Bonchev–Trinajstić information content (AvgIpc) is 2.89. The summed E-state index contributed by atoms with van der Waals surface area (Å²) in [6.45, 7) is 1.86. The van der Waals surface area contributed by atoms with E-state index in [1.807, 2.05) is 6.92 Å². The second-order valence-corrected chi connectivity index (χ2v) is 5.60. The van der Waals surface area contributed by atoms with Crippen molar-refractivity contribution < 1.29 is 4.79 Å². The smallest absolute Gasteiger partial charge is 0.272 e. The van der Waals surface area contributed by atoms with E-state index in [0.717, 1.165) is 23.5 Å². The summed E-state index contributed by atoms with van der Waals surface area (Å²) in [4.78, 5) is 17.4. The zero-order chi connectivity index (χ0) is 12.5. The summed E-state index contributed by atoms with van der Waals surface area (Å²) in [6, 6.07) is 0.315. The van der Waals surface area contributed by atoms with E-state index in [1.54, 1.807) is 10.0 Å². The summed E-state index contributed by atoms with van der Waals surface area (Å²) in [5.41, 5.74) is 3.04. The van der Waals surface area contributed by atoms with Crippen molar-refractivity contribution in [3.05, 3.63) is 16.9 Å². The molecule has 3 rings (SSSR count). The molecule has 1 aliphatic rings. The number of imidazole rings is 1. The van der Waals surface area contributed by atoms with Gasteiger partial charge in [-0.3, -0.25) is 4.79 Å². The lowest BCUT2D eigenvalue weighted by atomic mass is 9.95. The third kappa shape index (κ3) is 2.01.